The van der Waals surface area contributed by atoms with Gasteiger partial charge in [0.05, 0.1) is 12.2 Å². The van der Waals surface area contributed by atoms with Gasteiger partial charge in [-0.15, -0.1) is 0 Å². The van der Waals surface area contributed by atoms with E-state index in [9.17, 15) is 8.78 Å². The van der Waals surface area contributed by atoms with E-state index in [0.29, 0.717) is 25.4 Å². The molecule has 0 aliphatic carbocycles. The zero-order valence-electron chi connectivity index (χ0n) is 10.5. The van der Waals surface area contributed by atoms with E-state index in [2.05, 4.69) is 10.3 Å². The number of methoxy groups -OCH3 is 1. The van der Waals surface area contributed by atoms with Crippen molar-refractivity contribution in [3.05, 3.63) is 41.9 Å². The number of halogens is 2. The van der Waals surface area contributed by atoms with Gasteiger partial charge in [0.15, 0.2) is 23.8 Å². The Hall–Kier alpha value is -1.79. The molecule has 1 N–H and O–H groups in total. The van der Waals surface area contributed by atoms with Crippen molar-refractivity contribution in [3.63, 3.8) is 0 Å². The van der Waals surface area contributed by atoms with Crippen molar-refractivity contribution in [1.29, 1.82) is 0 Å². The number of rotatable bonds is 6. The number of benzene rings is 1. The molecule has 0 saturated carbocycles. The van der Waals surface area contributed by atoms with Crippen molar-refractivity contribution < 1.29 is 17.9 Å². The third-order valence-corrected chi connectivity index (χ3v) is 2.61. The third kappa shape index (κ3) is 3.15. The molecule has 0 atom stereocenters. The van der Waals surface area contributed by atoms with Crippen LogP contribution in [0.15, 0.2) is 29.0 Å². The van der Waals surface area contributed by atoms with Gasteiger partial charge in [-0.05, 0) is 12.1 Å². The lowest BCUT2D eigenvalue weighted by Crippen LogP contribution is -2.19. The number of nitrogens with one attached hydrogen (secondary N) is 1. The minimum atomic E-state index is -0.933. The van der Waals surface area contributed by atoms with Gasteiger partial charge >= 0.3 is 0 Å². The van der Waals surface area contributed by atoms with Gasteiger partial charge in [-0.1, -0.05) is 6.07 Å². The highest BCUT2D eigenvalue weighted by atomic mass is 19.2. The van der Waals surface area contributed by atoms with E-state index in [1.165, 1.54) is 18.5 Å². The lowest BCUT2D eigenvalue weighted by Gasteiger charge is -2.05. The maximum absolute atomic E-state index is 13.7. The van der Waals surface area contributed by atoms with E-state index < -0.39 is 11.6 Å². The number of hydrogen-bond donors (Lipinski definition) is 1. The average molecular weight is 268 g/mol. The Morgan fingerprint density at radius 3 is 3.00 bits per heavy atom. The first-order valence-electron chi connectivity index (χ1n) is 5.80. The summed E-state index contributed by atoms with van der Waals surface area (Å²) in [7, 11) is 1.60. The third-order valence-electron chi connectivity index (χ3n) is 2.61. The Kier molecular flexibility index (Phi) is 4.59. The lowest BCUT2D eigenvalue weighted by molar-refractivity contribution is 0.199. The van der Waals surface area contributed by atoms with E-state index in [-0.39, 0.29) is 11.3 Å². The predicted molar refractivity (Wildman–Crippen MR) is 65.4 cm³/mol. The SMILES string of the molecule is COCCNCc1ncoc1-c1cccc(F)c1F. The zero-order chi connectivity index (χ0) is 13.7. The topological polar surface area (TPSA) is 47.3 Å². The van der Waals surface area contributed by atoms with E-state index in [1.54, 1.807) is 7.11 Å². The maximum Gasteiger partial charge on any atom is 0.181 e. The highest BCUT2D eigenvalue weighted by Crippen LogP contribution is 2.27. The van der Waals surface area contributed by atoms with Crippen LogP contribution in [-0.2, 0) is 11.3 Å². The summed E-state index contributed by atoms with van der Waals surface area (Å²) in [5.74, 6) is -1.61. The minimum absolute atomic E-state index is 0.0704. The van der Waals surface area contributed by atoms with E-state index in [4.69, 9.17) is 9.15 Å². The van der Waals surface area contributed by atoms with Crippen LogP contribution in [0.25, 0.3) is 11.3 Å². The second-order valence-electron chi connectivity index (χ2n) is 3.90. The molecular formula is C13H14F2N2O2. The summed E-state index contributed by atoms with van der Waals surface area (Å²) in [4.78, 5) is 4.00. The molecule has 2 rings (SSSR count). The van der Waals surface area contributed by atoms with Gasteiger partial charge in [0, 0.05) is 20.2 Å². The second kappa shape index (κ2) is 6.40. The van der Waals surface area contributed by atoms with Crippen LogP contribution in [0, 0.1) is 11.6 Å². The van der Waals surface area contributed by atoms with Gasteiger partial charge in [-0.25, -0.2) is 13.8 Å². The summed E-state index contributed by atoms with van der Waals surface area (Å²) in [6.07, 6.45) is 1.22. The van der Waals surface area contributed by atoms with Crippen molar-refractivity contribution >= 4 is 0 Å². The minimum Gasteiger partial charge on any atom is -0.443 e. The monoisotopic (exact) mass is 268 g/mol. The summed E-state index contributed by atoms with van der Waals surface area (Å²) in [5.41, 5.74) is 0.599. The van der Waals surface area contributed by atoms with Crippen molar-refractivity contribution in [3.8, 4) is 11.3 Å². The predicted octanol–water partition coefficient (Wildman–Crippen LogP) is 2.36. The molecule has 19 heavy (non-hydrogen) atoms. The van der Waals surface area contributed by atoms with Crippen LogP contribution in [0.2, 0.25) is 0 Å². The molecule has 0 saturated heterocycles. The molecule has 1 aromatic carbocycles. The molecule has 1 heterocycles. The van der Waals surface area contributed by atoms with Gasteiger partial charge in [-0.2, -0.15) is 0 Å². The normalized spacial score (nSPS) is 10.9. The van der Waals surface area contributed by atoms with Crippen LogP contribution >= 0.6 is 0 Å². The molecule has 0 aliphatic rings. The fourth-order valence-corrected chi connectivity index (χ4v) is 1.67. The fraction of sp³-hybridized carbons (Fsp3) is 0.308. The molecule has 0 aliphatic heterocycles. The first-order valence-corrected chi connectivity index (χ1v) is 5.80. The van der Waals surface area contributed by atoms with Crippen molar-refractivity contribution in [2.24, 2.45) is 0 Å². The van der Waals surface area contributed by atoms with Crippen molar-refractivity contribution in [2.45, 2.75) is 6.54 Å². The van der Waals surface area contributed by atoms with Crippen LogP contribution < -0.4 is 5.32 Å². The number of oxazole rings is 1. The lowest BCUT2D eigenvalue weighted by atomic mass is 10.1. The molecule has 0 spiro atoms. The zero-order valence-corrected chi connectivity index (χ0v) is 10.5. The summed E-state index contributed by atoms with van der Waals surface area (Å²) >= 11 is 0. The molecule has 0 amide bonds. The van der Waals surface area contributed by atoms with Gasteiger partial charge in [0.25, 0.3) is 0 Å². The molecule has 0 bridgehead atoms. The summed E-state index contributed by atoms with van der Waals surface area (Å²) in [5, 5.41) is 3.07. The van der Waals surface area contributed by atoms with Gasteiger partial charge in [0.1, 0.15) is 5.69 Å². The van der Waals surface area contributed by atoms with Crippen molar-refractivity contribution in [1.82, 2.24) is 10.3 Å². The Balaban J connectivity index is 2.17. The highest BCUT2D eigenvalue weighted by Gasteiger charge is 2.16. The first-order chi connectivity index (χ1) is 9.24. The van der Waals surface area contributed by atoms with E-state index >= 15 is 0 Å². The fourth-order valence-electron chi connectivity index (χ4n) is 1.67. The summed E-state index contributed by atoms with van der Waals surface area (Å²) < 4.78 is 36.9. The van der Waals surface area contributed by atoms with E-state index in [0.717, 1.165) is 6.07 Å². The number of nitrogens with zero attached hydrogens (tertiary/aromatic N) is 1. The standard InChI is InChI=1S/C13H14F2N2O2/c1-18-6-5-16-7-11-13(19-8-17-11)9-3-2-4-10(14)12(9)15/h2-4,8,16H,5-7H2,1H3. The maximum atomic E-state index is 13.7. The Labute approximate surface area is 109 Å². The quantitative estimate of drug-likeness (QED) is 0.817. The molecule has 2 aromatic rings. The molecular weight excluding hydrogens is 254 g/mol. The Morgan fingerprint density at radius 2 is 2.21 bits per heavy atom. The Bertz CT molecular complexity index is 543. The van der Waals surface area contributed by atoms with Crippen LogP contribution in [0.1, 0.15) is 5.69 Å². The van der Waals surface area contributed by atoms with Gasteiger partial charge in [0.2, 0.25) is 0 Å². The molecule has 0 radical (unpaired) electrons. The first kappa shape index (κ1) is 13.6. The Morgan fingerprint density at radius 1 is 1.37 bits per heavy atom. The number of hydrogen-bond acceptors (Lipinski definition) is 4. The second-order valence-corrected chi connectivity index (χ2v) is 3.90. The molecule has 0 unspecified atom stereocenters. The largest absolute Gasteiger partial charge is 0.443 e. The summed E-state index contributed by atoms with van der Waals surface area (Å²) in [6, 6.07) is 3.95. The molecule has 102 valence electrons. The van der Waals surface area contributed by atoms with Crippen LogP contribution in [0.3, 0.4) is 0 Å². The smallest absolute Gasteiger partial charge is 0.181 e. The van der Waals surface area contributed by atoms with Gasteiger partial charge in [-0.3, -0.25) is 0 Å². The van der Waals surface area contributed by atoms with Crippen LogP contribution in [-0.4, -0.2) is 25.2 Å². The molecule has 4 nitrogen and oxygen atoms in total. The van der Waals surface area contributed by atoms with Crippen LogP contribution in [0.4, 0.5) is 8.78 Å². The average Bonchev–Trinajstić information content (AvgIpc) is 2.86. The van der Waals surface area contributed by atoms with Crippen LogP contribution in [0.5, 0.6) is 0 Å². The number of ether oxygens (including phenoxy) is 1. The number of aromatic nitrogens is 1. The van der Waals surface area contributed by atoms with Gasteiger partial charge < -0.3 is 14.5 Å². The molecule has 0 fully saturated rings. The highest BCUT2D eigenvalue weighted by molar-refractivity contribution is 5.60. The van der Waals surface area contributed by atoms with Crippen molar-refractivity contribution in [2.75, 3.05) is 20.3 Å². The molecule has 6 heteroatoms. The molecule has 1 aromatic heterocycles. The summed E-state index contributed by atoms with van der Waals surface area (Å²) in [6.45, 7) is 1.58. The van der Waals surface area contributed by atoms with E-state index in [1.807, 2.05) is 0 Å².